The maximum Gasteiger partial charge on any atom is 0.274 e. The van der Waals surface area contributed by atoms with E-state index in [0.29, 0.717) is 25.3 Å². The number of rotatable bonds is 5. The number of benzene rings is 1. The highest BCUT2D eigenvalue weighted by Gasteiger charge is 2.24. The molecule has 0 saturated carbocycles. The Morgan fingerprint density at radius 2 is 2.13 bits per heavy atom. The normalized spacial score (nSPS) is 13.5. The van der Waals surface area contributed by atoms with E-state index in [2.05, 4.69) is 15.5 Å². The highest BCUT2D eigenvalue weighted by molar-refractivity contribution is 5.94. The van der Waals surface area contributed by atoms with Crippen molar-refractivity contribution in [1.82, 2.24) is 20.4 Å². The van der Waals surface area contributed by atoms with Gasteiger partial charge in [-0.15, -0.1) is 0 Å². The third kappa shape index (κ3) is 3.22. The van der Waals surface area contributed by atoms with Crippen molar-refractivity contribution in [2.24, 2.45) is 0 Å². The molecule has 0 fully saturated rings. The summed E-state index contributed by atoms with van der Waals surface area (Å²) in [5.41, 5.74) is 3.70. The SMILES string of the molecule is CCN(Cc1ccc(OC)cc1)C(=O)c1n[nH]c2c1CNCC2. The van der Waals surface area contributed by atoms with E-state index in [1.54, 1.807) is 7.11 Å². The van der Waals surface area contributed by atoms with Gasteiger partial charge in [-0.1, -0.05) is 12.1 Å². The van der Waals surface area contributed by atoms with Crippen LogP contribution in [0.25, 0.3) is 0 Å². The third-order valence-electron chi connectivity index (χ3n) is 4.21. The molecule has 1 aliphatic heterocycles. The zero-order chi connectivity index (χ0) is 16.2. The highest BCUT2D eigenvalue weighted by Crippen LogP contribution is 2.19. The Kier molecular flexibility index (Phi) is 4.62. The van der Waals surface area contributed by atoms with Gasteiger partial charge in [-0.05, 0) is 24.6 Å². The summed E-state index contributed by atoms with van der Waals surface area (Å²) in [6, 6.07) is 7.79. The van der Waals surface area contributed by atoms with Crippen LogP contribution in [0.2, 0.25) is 0 Å². The lowest BCUT2D eigenvalue weighted by atomic mass is 10.1. The molecule has 0 radical (unpaired) electrons. The summed E-state index contributed by atoms with van der Waals surface area (Å²) in [5, 5.41) is 10.6. The Hall–Kier alpha value is -2.34. The van der Waals surface area contributed by atoms with Crippen LogP contribution in [0.3, 0.4) is 0 Å². The summed E-state index contributed by atoms with van der Waals surface area (Å²) in [6.07, 6.45) is 0.889. The summed E-state index contributed by atoms with van der Waals surface area (Å²) in [6.45, 7) is 4.81. The maximum atomic E-state index is 12.8. The van der Waals surface area contributed by atoms with Crippen molar-refractivity contribution in [3.05, 3.63) is 46.8 Å². The van der Waals surface area contributed by atoms with Crippen LogP contribution >= 0.6 is 0 Å². The zero-order valence-electron chi connectivity index (χ0n) is 13.6. The summed E-state index contributed by atoms with van der Waals surface area (Å²) < 4.78 is 5.17. The van der Waals surface area contributed by atoms with Gasteiger partial charge < -0.3 is 15.0 Å². The molecule has 23 heavy (non-hydrogen) atoms. The van der Waals surface area contributed by atoms with Gasteiger partial charge in [0.25, 0.3) is 5.91 Å². The molecular weight excluding hydrogens is 292 g/mol. The molecule has 0 saturated heterocycles. The fourth-order valence-electron chi connectivity index (χ4n) is 2.83. The molecule has 0 aliphatic carbocycles. The smallest absolute Gasteiger partial charge is 0.274 e. The molecule has 1 aromatic heterocycles. The number of nitrogens with zero attached hydrogens (tertiary/aromatic N) is 2. The number of carbonyl (C=O) groups is 1. The van der Waals surface area contributed by atoms with E-state index in [9.17, 15) is 4.79 Å². The number of ether oxygens (including phenoxy) is 1. The van der Waals surface area contributed by atoms with E-state index in [1.807, 2.05) is 36.1 Å². The standard InChI is InChI=1S/C17H22N4O2/c1-3-21(11-12-4-6-13(23-2)7-5-12)17(22)16-14-10-18-9-8-15(14)19-20-16/h4-7,18H,3,8-11H2,1-2H3,(H,19,20). The number of fused-ring (bicyclic) bond motifs is 1. The Labute approximate surface area is 135 Å². The molecule has 1 aliphatic rings. The van der Waals surface area contributed by atoms with Crippen molar-refractivity contribution >= 4 is 5.91 Å². The van der Waals surface area contributed by atoms with Crippen LogP contribution in [-0.4, -0.2) is 41.2 Å². The molecule has 0 atom stereocenters. The largest absolute Gasteiger partial charge is 0.497 e. The molecule has 1 amide bonds. The van der Waals surface area contributed by atoms with Gasteiger partial charge in [0, 0.05) is 43.9 Å². The minimum Gasteiger partial charge on any atom is -0.497 e. The monoisotopic (exact) mass is 314 g/mol. The first kappa shape index (κ1) is 15.6. The number of aromatic nitrogens is 2. The summed E-state index contributed by atoms with van der Waals surface area (Å²) >= 11 is 0. The number of hydrogen-bond acceptors (Lipinski definition) is 4. The fraction of sp³-hybridized carbons (Fsp3) is 0.412. The minimum atomic E-state index is -0.0236. The number of H-pyrrole nitrogens is 1. The number of amides is 1. The molecule has 6 heteroatoms. The van der Waals surface area contributed by atoms with E-state index in [0.717, 1.165) is 35.5 Å². The second kappa shape index (κ2) is 6.83. The first-order chi connectivity index (χ1) is 11.2. The Morgan fingerprint density at radius 1 is 1.35 bits per heavy atom. The van der Waals surface area contributed by atoms with Gasteiger partial charge in [-0.3, -0.25) is 9.89 Å². The number of methoxy groups -OCH3 is 1. The second-order valence-electron chi connectivity index (χ2n) is 5.62. The van der Waals surface area contributed by atoms with E-state index >= 15 is 0 Å². The molecule has 122 valence electrons. The predicted molar refractivity (Wildman–Crippen MR) is 87.4 cm³/mol. The zero-order valence-corrected chi connectivity index (χ0v) is 13.6. The fourth-order valence-corrected chi connectivity index (χ4v) is 2.83. The maximum absolute atomic E-state index is 12.8. The summed E-state index contributed by atoms with van der Waals surface area (Å²) in [4.78, 5) is 14.6. The van der Waals surface area contributed by atoms with Crippen molar-refractivity contribution in [3.63, 3.8) is 0 Å². The number of carbonyl (C=O) groups excluding carboxylic acids is 1. The highest BCUT2D eigenvalue weighted by atomic mass is 16.5. The van der Waals surface area contributed by atoms with E-state index in [4.69, 9.17) is 4.74 Å². The van der Waals surface area contributed by atoms with Gasteiger partial charge >= 0.3 is 0 Å². The molecule has 0 bridgehead atoms. The van der Waals surface area contributed by atoms with Crippen LogP contribution in [0, 0.1) is 0 Å². The van der Waals surface area contributed by atoms with Crippen LogP contribution in [0.5, 0.6) is 5.75 Å². The number of nitrogens with one attached hydrogen (secondary N) is 2. The first-order valence-electron chi connectivity index (χ1n) is 7.92. The first-order valence-corrected chi connectivity index (χ1v) is 7.92. The van der Waals surface area contributed by atoms with Crippen LogP contribution in [0.1, 0.15) is 34.2 Å². The molecule has 6 nitrogen and oxygen atoms in total. The molecule has 0 unspecified atom stereocenters. The molecule has 0 spiro atoms. The average Bonchev–Trinajstić information content (AvgIpc) is 3.03. The topological polar surface area (TPSA) is 70.2 Å². The van der Waals surface area contributed by atoms with Crippen molar-refractivity contribution < 1.29 is 9.53 Å². The lowest BCUT2D eigenvalue weighted by Crippen LogP contribution is -2.32. The molecule has 2 aromatic rings. The molecule has 2 heterocycles. The Morgan fingerprint density at radius 3 is 2.83 bits per heavy atom. The molecule has 3 rings (SSSR count). The minimum absolute atomic E-state index is 0.0236. The average molecular weight is 314 g/mol. The number of hydrogen-bond donors (Lipinski definition) is 2. The van der Waals surface area contributed by atoms with Crippen molar-refractivity contribution in [3.8, 4) is 5.75 Å². The summed E-state index contributed by atoms with van der Waals surface area (Å²) in [7, 11) is 1.64. The van der Waals surface area contributed by atoms with Crippen molar-refractivity contribution in [2.45, 2.75) is 26.4 Å². The Bertz CT molecular complexity index is 678. The molecule has 1 aromatic carbocycles. The van der Waals surface area contributed by atoms with Gasteiger partial charge in [0.05, 0.1) is 7.11 Å². The third-order valence-corrected chi connectivity index (χ3v) is 4.21. The van der Waals surface area contributed by atoms with Crippen LogP contribution in [0.15, 0.2) is 24.3 Å². The van der Waals surface area contributed by atoms with Crippen molar-refractivity contribution in [2.75, 3.05) is 20.2 Å². The van der Waals surface area contributed by atoms with Gasteiger partial charge in [0.1, 0.15) is 5.75 Å². The number of aromatic amines is 1. The van der Waals surface area contributed by atoms with Gasteiger partial charge in [0.2, 0.25) is 0 Å². The van der Waals surface area contributed by atoms with Crippen LogP contribution in [0.4, 0.5) is 0 Å². The van der Waals surface area contributed by atoms with Gasteiger partial charge in [-0.2, -0.15) is 5.10 Å². The lowest BCUT2D eigenvalue weighted by molar-refractivity contribution is 0.0745. The van der Waals surface area contributed by atoms with E-state index in [1.165, 1.54) is 0 Å². The van der Waals surface area contributed by atoms with E-state index < -0.39 is 0 Å². The second-order valence-corrected chi connectivity index (χ2v) is 5.62. The molecular formula is C17H22N4O2. The van der Waals surface area contributed by atoms with Crippen LogP contribution in [-0.2, 0) is 19.5 Å². The van der Waals surface area contributed by atoms with Gasteiger partial charge in [-0.25, -0.2) is 0 Å². The quantitative estimate of drug-likeness (QED) is 0.882. The summed E-state index contributed by atoms with van der Waals surface area (Å²) in [5.74, 6) is 0.792. The van der Waals surface area contributed by atoms with Crippen molar-refractivity contribution in [1.29, 1.82) is 0 Å². The Balaban J connectivity index is 1.77. The van der Waals surface area contributed by atoms with E-state index in [-0.39, 0.29) is 5.91 Å². The predicted octanol–water partition coefficient (Wildman–Crippen LogP) is 1.73. The van der Waals surface area contributed by atoms with Crippen LogP contribution < -0.4 is 10.1 Å². The molecule has 2 N–H and O–H groups in total. The lowest BCUT2D eigenvalue weighted by Gasteiger charge is -2.21. The van der Waals surface area contributed by atoms with Gasteiger partial charge in [0.15, 0.2) is 5.69 Å².